The maximum absolute atomic E-state index is 4.30. The molecule has 1 aromatic carbocycles. The van der Waals surface area contributed by atoms with Crippen LogP contribution in [0.2, 0.25) is 0 Å². The molecule has 1 unspecified atom stereocenters. The normalized spacial score (nSPS) is 12.7. The van der Waals surface area contributed by atoms with Crippen molar-refractivity contribution >= 4 is 10.8 Å². The summed E-state index contributed by atoms with van der Waals surface area (Å²) in [6.07, 6.45) is 6.32. The Labute approximate surface area is 117 Å². The lowest BCUT2D eigenvalue weighted by Crippen LogP contribution is -2.24. The van der Waals surface area contributed by atoms with Crippen molar-refractivity contribution in [2.24, 2.45) is 0 Å². The fourth-order valence-corrected chi connectivity index (χ4v) is 2.39. The zero-order chi connectivity index (χ0) is 13.8. The minimum absolute atomic E-state index is 0.00495. The van der Waals surface area contributed by atoms with Gasteiger partial charge in [-0.15, -0.1) is 0 Å². The Morgan fingerprint density at radius 1 is 1.30 bits per heavy atom. The van der Waals surface area contributed by atoms with Crippen molar-refractivity contribution in [2.45, 2.75) is 19.4 Å². The number of hydrogen-bond acceptors (Lipinski definition) is 4. The molecule has 0 spiro atoms. The van der Waals surface area contributed by atoms with Gasteiger partial charge in [0.15, 0.2) is 0 Å². The molecule has 0 aliphatic heterocycles. The van der Waals surface area contributed by atoms with Crippen molar-refractivity contribution in [1.82, 2.24) is 25.5 Å². The molecule has 0 radical (unpaired) electrons. The molecular formula is C15H17N5. The smallest absolute Gasteiger partial charge is 0.145 e. The first-order valence-electron chi connectivity index (χ1n) is 6.81. The number of H-pyrrole nitrogens is 1. The van der Waals surface area contributed by atoms with E-state index >= 15 is 0 Å². The maximum atomic E-state index is 4.30. The highest BCUT2D eigenvalue weighted by molar-refractivity contribution is 5.85. The highest BCUT2D eigenvalue weighted by Crippen LogP contribution is 2.26. The molecular weight excluding hydrogens is 250 g/mol. The van der Waals surface area contributed by atoms with Crippen LogP contribution in [-0.4, -0.2) is 26.7 Å². The molecule has 20 heavy (non-hydrogen) atoms. The highest BCUT2D eigenvalue weighted by Gasteiger charge is 2.18. The second-order valence-corrected chi connectivity index (χ2v) is 4.70. The summed E-state index contributed by atoms with van der Waals surface area (Å²) < 4.78 is 0. The number of pyridine rings is 1. The number of fused-ring (bicyclic) bond motifs is 1. The lowest BCUT2D eigenvalue weighted by molar-refractivity contribution is 0.576. The van der Waals surface area contributed by atoms with Crippen LogP contribution in [0.1, 0.15) is 30.8 Å². The van der Waals surface area contributed by atoms with E-state index in [1.54, 1.807) is 6.33 Å². The first-order chi connectivity index (χ1) is 9.90. The standard InChI is InChI=1S/C15H17N5/c1-2-7-17-14(15-18-10-19-20-15)12-5-3-4-11-6-8-16-9-13(11)12/h3-6,8-10,14,17H,2,7H2,1H3,(H,18,19,20). The van der Waals surface area contributed by atoms with Gasteiger partial charge in [-0.3, -0.25) is 10.1 Å². The predicted octanol–water partition coefficient (Wildman–Crippen LogP) is 2.44. The van der Waals surface area contributed by atoms with Gasteiger partial charge in [-0.1, -0.05) is 25.1 Å². The summed E-state index contributed by atoms with van der Waals surface area (Å²) in [5.41, 5.74) is 1.17. The van der Waals surface area contributed by atoms with Crippen molar-refractivity contribution in [3.05, 3.63) is 54.4 Å². The van der Waals surface area contributed by atoms with Crippen molar-refractivity contribution in [1.29, 1.82) is 0 Å². The number of hydrogen-bond donors (Lipinski definition) is 2. The lowest BCUT2D eigenvalue weighted by atomic mass is 9.99. The Balaban J connectivity index is 2.09. The van der Waals surface area contributed by atoms with Crippen LogP contribution in [0, 0.1) is 0 Å². The average molecular weight is 267 g/mol. The summed E-state index contributed by atoms with van der Waals surface area (Å²) in [5.74, 6) is 0.829. The van der Waals surface area contributed by atoms with E-state index in [0.29, 0.717) is 0 Å². The van der Waals surface area contributed by atoms with Crippen molar-refractivity contribution in [3.8, 4) is 0 Å². The van der Waals surface area contributed by atoms with Gasteiger partial charge in [0, 0.05) is 17.8 Å². The molecule has 0 fully saturated rings. The zero-order valence-corrected chi connectivity index (χ0v) is 11.4. The summed E-state index contributed by atoms with van der Waals surface area (Å²) in [7, 11) is 0. The third kappa shape index (κ3) is 2.40. The van der Waals surface area contributed by atoms with Gasteiger partial charge in [-0.2, -0.15) is 5.10 Å². The van der Waals surface area contributed by atoms with Crippen molar-refractivity contribution < 1.29 is 0 Å². The van der Waals surface area contributed by atoms with E-state index in [1.165, 1.54) is 10.9 Å². The van der Waals surface area contributed by atoms with Gasteiger partial charge in [0.1, 0.15) is 12.2 Å². The Kier molecular flexibility index (Phi) is 3.69. The van der Waals surface area contributed by atoms with Gasteiger partial charge in [0.2, 0.25) is 0 Å². The SMILES string of the molecule is CCCNC(c1ncn[nH]1)c1cccc2ccncc12. The molecule has 3 aromatic rings. The first-order valence-corrected chi connectivity index (χ1v) is 6.81. The quantitative estimate of drug-likeness (QED) is 0.745. The molecule has 2 heterocycles. The van der Waals surface area contributed by atoms with E-state index in [9.17, 15) is 0 Å². The number of benzene rings is 1. The largest absolute Gasteiger partial charge is 0.304 e. The van der Waals surface area contributed by atoms with Gasteiger partial charge in [0.05, 0.1) is 6.04 Å². The van der Waals surface area contributed by atoms with E-state index < -0.39 is 0 Å². The van der Waals surface area contributed by atoms with Crippen LogP contribution in [0.5, 0.6) is 0 Å². The molecule has 0 aliphatic carbocycles. The highest BCUT2D eigenvalue weighted by atomic mass is 15.2. The molecule has 5 nitrogen and oxygen atoms in total. The van der Waals surface area contributed by atoms with Gasteiger partial charge in [-0.25, -0.2) is 4.98 Å². The maximum Gasteiger partial charge on any atom is 0.145 e. The molecule has 0 aliphatic rings. The number of nitrogens with zero attached hydrogens (tertiary/aromatic N) is 3. The van der Waals surface area contributed by atoms with Crippen LogP contribution in [0.4, 0.5) is 0 Å². The molecule has 0 amide bonds. The van der Waals surface area contributed by atoms with Crippen molar-refractivity contribution in [3.63, 3.8) is 0 Å². The van der Waals surface area contributed by atoms with E-state index in [0.717, 1.165) is 24.2 Å². The van der Waals surface area contributed by atoms with E-state index in [4.69, 9.17) is 0 Å². The second-order valence-electron chi connectivity index (χ2n) is 4.70. The molecule has 0 saturated heterocycles. The van der Waals surface area contributed by atoms with Crippen LogP contribution in [-0.2, 0) is 0 Å². The number of nitrogens with one attached hydrogen (secondary N) is 2. The second kappa shape index (κ2) is 5.79. The van der Waals surface area contributed by atoms with E-state index in [2.05, 4.69) is 50.6 Å². The Morgan fingerprint density at radius 2 is 2.25 bits per heavy atom. The molecule has 5 heteroatoms. The van der Waals surface area contributed by atoms with Crippen LogP contribution < -0.4 is 5.32 Å². The first kappa shape index (κ1) is 12.7. The molecule has 2 N–H and O–H groups in total. The van der Waals surface area contributed by atoms with Crippen LogP contribution >= 0.6 is 0 Å². The summed E-state index contributed by atoms with van der Waals surface area (Å²) >= 11 is 0. The topological polar surface area (TPSA) is 66.5 Å². The van der Waals surface area contributed by atoms with Gasteiger partial charge in [0.25, 0.3) is 0 Å². The Morgan fingerprint density at radius 3 is 3.05 bits per heavy atom. The Bertz CT molecular complexity index is 672. The third-order valence-corrected chi connectivity index (χ3v) is 3.33. The predicted molar refractivity (Wildman–Crippen MR) is 78.3 cm³/mol. The number of aromatic nitrogens is 4. The fraction of sp³-hybridized carbons (Fsp3) is 0.267. The van der Waals surface area contributed by atoms with Crippen LogP contribution in [0.15, 0.2) is 43.0 Å². The van der Waals surface area contributed by atoms with Crippen LogP contribution in [0.3, 0.4) is 0 Å². The monoisotopic (exact) mass is 267 g/mol. The molecule has 0 bridgehead atoms. The zero-order valence-electron chi connectivity index (χ0n) is 11.4. The molecule has 102 valence electrons. The number of aromatic amines is 1. The minimum atomic E-state index is 0.00495. The molecule has 3 rings (SSSR count). The summed E-state index contributed by atoms with van der Waals surface area (Å²) in [4.78, 5) is 8.55. The van der Waals surface area contributed by atoms with E-state index in [1.807, 2.05) is 18.5 Å². The Hall–Kier alpha value is -2.27. The number of rotatable bonds is 5. The third-order valence-electron chi connectivity index (χ3n) is 3.33. The molecule has 1 atom stereocenters. The lowest BCUT2D eigenvalue weighted by Gasteiger charge is -2.18. The average Bonchev–Trinajstić information content (AvgIpc) is 3.02. The van der Waals surface area contributed by atoms with E-state index in [-0.39, 0.29) is 6.04 Å². The van der Waals surface area contributed by atoms with Gasteiger partial charge < -0.3 is 5.32 Å². The molecule has 0 saturated carbocycles. The molecule has 2 aromatic heterocycles. The fourth-order valence-electron chi connectivity index (χ4n) is 2.39. The minimum Gasteiger partial charge on any atom is -0.304 e. The van der Waals surface area contributed by atoms with Gasteiger partial charge >= 0.3 is 0 Å². The van der Waals surface area contributed by atoms with Crippen LogP contribution in [0.25, 0.3) is 10.8 Å². The summed E-state index contributed by atoms with van der Waals surface area (Å²) in [6.45, 7) is 3.07. The summed E-state index contributed by atoms with van der Waals surface area (Å²) in [5, 5.41) is 12.8. The summed E-state index contributed by atoms with van der Waals surface area (Å²) in [6, 6.07) is 8.30. The van der Waals surface area contributed by atoms with Crippen molar-refractivity contribution in [2.75, 3.05) is 6.54 Å². The van der Waals surface area contributed by atoms with Gasteiger partial charge in [-0.05, 0) is 30.0 Å².